The molecule has 1 amide bonds. The van der Waals surface area contributed by atoms with Crippen LogP contribution < -0.4 is 15.6 Å². The molecule has 0 aliphatic rings. The van der Waals surface area contributed by atoms with E-state index >= 15 is 0 Å². The Balaban J connectivity index is 1.73. The van der Waals surface area contributed by atoms with Crippen LogP contribution in [0.25, 0.3) is 0 Å². The van der Waals surface area contributed by atoms with E-state index in [0.29, 0.717) is 18.1 Å². The van der Waals surface area contributed by atoms with Crippen molar-refractivity contribution < 1.29 is 9.53 Å². The maximum Gasteiger partial charge on any atom is 0.264 e. The van der Waals surface area contributed by atoms with Gasteiger partial charge in [-0.3, -0.25) is 14.7 Å². The molecule has 1 aromatic heterocycles. The number of anilines is 1. The summed E-state index contributed by atoms with van der Waals surface area (Å²) in [6.07, 6.45) is 0.960. The summed E-state index contributed by atoms with van der Waals surface area (Å²) in [4.78, 5) is 22.8. The van der Waals surface area contributed by atoms with Crippen LogP contribution in [0, 0.1) is 0 Å². The Morgan fingerprint density at radius 1 is 1.27 bits per heavy atom. The van der Waals surface area contributed by atoms with E-state index < -0.39 is 0 Å². The fourth-order valence-electron chi connectivity index (χ4n) is 1.76. The predicted octanol–water partition coefficient (Wildman–Crippen LogP) is 2.36. The van der Waals surface area contributed by atoms with Crippen molar-refractivity contribution in [2.45, 2.75) is 19.1 Å². The largest absolute Gasteiger partial charge is 0.494 e. The molecule has 0 spiro atoms. The Labute approximate surface area is 132 Å². The van der Waals surface area contributed by atoms with Crippen molar-refractivity contribution in [1.82, 2.24) is 10.2 Å². The number of H-pyrrole nitrogens is 2. The van der Waals surface area contributed by atoms with Gasteiger partial charge in [-0.15, -0.1) is 11.8 Å². The lowest BCUT2D eigenvalue weighted by molar-refractivity contribution is -0.113. The normalized spacial score (nSPS) is 10.4. The number of aromatic amines is 2. The molecular formula is C15H19N3O3S. The summed E-state index contributed by atoms with van der Waals surface area (Å²) in [5.74, 6) is 1.62. The van der Waals surface area contributed by atoms with Gasteiger partial charge in [0.25, 0.3) is 5.56 Å². The van der Waals surface area contributed by atoms with Crippen molar-refractivity contribution in [2.75, 3.05) is 17.7 Å². The fourth-order valence-corrected chi connectivity index (χ4v) is 2.49. The van der Waals surface area contributed by atoms with Gasteiger partial charge in [-0.25, -0.2) is 0 Å². The molecule has 0 aliphatic heterocycles. The molecule has 3 N–H and O–H groups in total. The number of nitrogens with one attached hydrogen (secondary N) is 3. The number of hydrogen-bond acceptors (Lipinski definition) is 4. The van der Waals surface area contributed by atoms with Crippen LogP contribution in [0.5, 0.6) is 5.75 Å². The first-order chi connectivity index (χ1) is 10.7. The molecule has 0 radical (unpaired) electrons. The minimum atomic E-state index is -0.162. The van der Waals surface area contributed by atoms with Crippen LogP contribution >= 0.6 is 11.8 Å². The van der Waals surface area contributed by atoms with Crippen molar-refractivity contribution in [3.63, 3.8) is 0 Å². The van der Waals surface area contributed by atoms with Gasteiger partial charge in [0, 0.05) is 23.2 Å². The molecular weight excluding hydrogens is 302 g/mol. The number of benzene rings is 1. The molecule has 0 saturated heterocycles. The predicted molar refractivity (Wildman–Crippen MR) is 88.4 cm³/mol. The molecule has 22 heavy (non-hydrogen) atoms. The van der Waals surface area contributed by atoms with E-state index in [9.17, 15) is 9.59 Å². The van der Waals surface area contributed by atoms with Crippen molar-refractivity contribution >= 4 is 23.4 Å². The number of amides is 1. The number of carbonyl (C=O) groups excluding carboxylic acids is 1. The third-order valence-corrected chi connectivity index (χ3v) is 3.73. The molecule has 118 valence electrons. The first kappa shape index (κ1) is 16.2. The van der Waals surface area contributed by atoms with Crippen LogP contribution in [0.2, 0.25) is 0 Å². The van der Waals surface area contributed by atoms with E-state index in [-0.39, 0.29) is 11.5 Å². The molecule has 2 aromatic rings. The molecule has 6 nitrogen and oxygen atoms in total. The molecule has 2 rings (SSSR count). The molecule has 0 saturated carbocycles. The third-order valence-electron chi connectivity index (χ3n) is 2.75. The zero-order valence-corrected chi connectivity index (χ0v) is 13.2. The summed E-state index contributed by atoms with van der Waals surface area (Å²) in [5, 5.41) is 8.03. The fraction of sp³-hybridized carbons (Fsp3) is 0.333. The number of hydrogen-bond donors (Lipinski definition) is 3. The van der Waals surface area contributed by atoms with Crippen LogP contribution in [0.1, 0.15) is 19.0 Å². The van der Waals surface area contributed by atoms with E-state index in [1.165, 1.54) is 17.8 Å². The Morgan fingerprint density at radius 2 is 2.05 bits per heavy atom. The van der Waals surface area contributed by atoms with Gasteiger partial charge < -0.3 is 15.2 Å². The smallest absolute Gasteiger partial charge is 0.264 e. The van der Waals surface area contributed by atoms with Crippen LogP contribution in [0.4, 0.5) is 5.69 Å². The maximum atomic E-state index is 11.8. The Hall–Kier alpha value is -2.15. The first-order valence-electron chi connectivity index (χ1n) is 7.04. The zero-order valence-electron chi connectivity index (χ0n) is 12.3. The topological polar surface area (TPSA) is 87.0 Å². The summed E-state index contributed by atoms with van der Waals surface area (Å²) in [6.45, 7) is 2.74. The van der Waals surface area contributed by atoms with Gasteiger partial charge >= 0.3 is 0 Å². The van der Waals surface area contributed by atoms with Crippen molar-refractivity contribution in [3.8, 4) is 5.75 Å². The average Bonchev–Trinajstić information content (AvgIpc) is 2.92. The standard InChI is InChI=1S/C15H19N3O3S/c1-2-7-21-13-5-3-11(4-6-13)16-15(20)10-22-9-12-8-14(19)18-17-12/h3-6,8H,2,7,9-10H2,1H3,(H,16,20)(H2,17,18,19). The monoisotopic (exact) mass is 321 g/mol. The highest BCUT2D eigenvalue weighted by atomic mass is 32.2. The lowest BCUT2D eigenvalue weighted by Crippen LogP contribution is -2.14. The van der Waals surface area contributed by atoms with Crippen LogP contribution in [0.3, 0.4) is 0 Å². The summed E-state index contributed by atoms with van der Waals surface area (Å²) < 4.78 is 5.48. The SMILES string of the molecule is CCCOc1ccc(NC(=O)CSCc2cc(=O)[nH][nH]2)cc1. The molecule has 0 atom stereocenters. The van der Waals surface area contributed by atoms with Crippen LogP contribution in [-0.2, 0) is 10.5 Å². The van der Waals surface area contributed by atoms with Crippen molar-refractivity contribution in [3.05, 3.63) is 46.4 Å². The zero-order chi connectivity index (χ0) is 15.8. The van der Waals surface area contributed by atoms with Gasteiger partial charge in [0.1, 0.15) is 5.75 Å². The Bertz CT molecular complexity index is 649. The van der Waals surface area contributed by atoms with Gasteiger partial charge in [0.15, 0.2) is 0 Å². The molecule has 1 aromatic carbocycles. The van der Waals surface area contributed by atoms with E-state index in [4.69, 9.17) is 4.74 Å². The highest BCUT2D eigenvalue weighted by Gasteiger charge is 2.04. The quantitative estimate of drug-likeness (QED) is 0.696. The van der Waals surface area contributed by atoms with E-state index in [0.717, 1.165) is 23.6 Å². The first-order valence-corrected chi connectivity index (χ1v) is 8.20. The van der Waals surface area contributed by atoms with E-state index in [2.05, 4.69) is 22.4 Å². The second-order valence-electron chi connectivity index (χ2n) is 4.70. The summed E-state index contributed by atoms with van der Waals surface area (Å²) in [6, 6.07) is 8.79. The summed E-state index contributed by atoms with van der Waals surface area (Å²) in [5.41, 5.74) is 1.36. The van der Waals surface area contributed by atoms with Gasteiger partial charge in [0.05, 0.1) is 12.4 Å². The number of rotatable bonds is 8. The molecule has 0 bridgehead atoms. The van der Waals surface area contributed by atoms with Crippen molar-refractivity contribution in [1.29, 1.82) is 0 Å². The highest BCUT2D eigenvalue weighted by Crippen LogP contribution is 2.16. The van der Waals surface area contributed by atoms with E-state index in [1.54, 1.807) is 0 Å². The minimum Gasteiger partial charge on any atom is -0.494 e. The third kappa shape index (κ3) is 5.33. The maximum absolute atomic E-state index is 11.8. The number of ether oxygens (including phenoxy) is 1. The molecule has 0 unspecified atom stereocenters. The number of aromatic nitrogens is 2. The second-order valence-corrected chi connectivity index (χ2v) is 5.68. The minimum absolute atomic E-state index is 0.0786. The lowest BCUT2D eigenvalue weighted by atomic mass is 10.3. The van der Waals surface area contributed by atoms with Gasteiger partial charge in [-0.1, -0.05) is 6.92 Å². The van der Waals surface area contributed by atoms with Gasteiger partial charge in [-0.2, -0.15) is 0 Å². The molecule has 7 heteroatoms. The summed E-state index contributed by atoms with van der Waals surface area (Å²) >= 11 is 1.43. The Kier molecular flexibility index (Phi) is 6.14. The van der Waals surface area contributed by atoms with Gasteiger partial charge in [-0.05, 0) is 30.7 Å². The molecule has 0 fully saturated rings. The highest BCUT2D eigenvalue weighted by molar-refractivity contribution is 7.99. The second kappa shape index (κ2) is 8.33. The van der Waals surface area contributed by atoms with E-state index in [1.807, 2.05) is 24.3 Å². The van der Waals surface area contributed by atoms with Crippen LogP contribution in [0.15, 0.2) is 35.1 Å². The number of carbonyl (C=O) groups is 1. The number of thioether (sulfide) groups is 1. The van der Waals surface area contributed by atoms with Crippen molar-refractivity contribution in [2.24, 2.45) is 0 Å². The molecule has 0 aliphatic carbocycles. The van der Waals surface area contributed by atoms with Gasteiger partial charge in [0.2, 0.25) is 5.91 Å². The Morgan fingerprint density at radius 3 is 2.68 bits per heavy atom. The molecule has 1 heterocycles. The average molecular weight is 321 g/mol. The summed E-state index contributed by atoms with van der Waals surface area (Å²) in [7, 11) is 0. The lowest BCUT2D eigenvalue weighted by Gasteiger charge is -2.07. The van der Waals surface area contributed by atoms with Crippen LogP contribution in [-0.4, -0.2) is 28.5 Å².